The van der Waals surface area contributed by atoms with Gasteiger partial charge in [0.05, 0.1) is 10.5 Å². The number of hydrogen-bond donors (Lipinski definition) is 2. The molecule has 9 heteroatoms. The molecule has 4 nitrogen and oxygen atoms in total. The third-order valence-corrected chi connectivity index (χ3v) is 4.45. The highest BCUT2D eigenvalue weighted by Crippen LogP contribution is 2.36. The largest absolute Gasteiger partial charge is 0.417 e. The van der Waals surface area contributed by atoms with Gasteiger partial charge in [0.1, 0.15) is 0 Å². The zero-order valence-corrected chi connectivity index (χ0v) is 12.3. The zero-order chi connectivity index (χ0) is 15.8. The summed E-state index contributed by atoms with van der Waals surface area (Å²) in [5.41, 5.74) is 2.99. The first-order chi connectivity index (χ1) is 8.89. The number of halogens is 4. The van der Waals surface area contributed by atoms with E-state index < -0.39 is 32.2 Å². The van der Waals surface area contributed by atoms with Crippen LogP contribution in [-0.4, -0.2) is 20.5 Å². The molecule has 1 rings (SSSR count). The van der Waals surface area contributed by atoms with Crippen molar-refractivity contribution in [3.63, 3.8) is 0 Å². The summed E-state index contributed by atoms with van der Waals surface area (Å²) in [4.78, 5) is -0.879. The summed E-state index contributed by atoms with van der Waals surface area (Å²) in [5.74, 6) is 0. The molecule has 0 bridgehead atoms. The van der Waals surface area contributed by atoms with Gasteiger partial charge in [-0.2, -0.15) is 13.2 Å². The molecule has 0 saturated heterocycles. The summed E-state index contributed by atoms with van der Waals surface area (Å²) < 4.78 is 65.0. The van der Waals surface area contributed by atoms with E-state index in [-0.39, 0.29) is 11.6 Å². The second-order valence-corrected chi connectivity index (χ2v) is 6.92. The monoisotopic (exact) mass is 330 g/mol. The van der Waals surface area contributed by atoms with Crippen molar-refractivity contribution in [1.29, 1.82) is 0 Å². The van der Waals surface area contributed by atoms with E-state index in [1.807, 2.05) is 0 Å². The highest BCUT2D eigenvalue weighted by Gasteiger charge is 2.38. The van der Waals surface area contributed by atoms with Crippen molar-refractivity contribution in [2.24, 2.45) is 5.73 Å². The summed E-state index contributed by atoms with van der Waals surface area (Å²) >= 11 is 5.50. The molecule has 1 aromatic carbocycles. The molecule has 0 amide bonds. The number of hydrogen-bond acceptors (Lipinski definition) is 3. The summed E-state index contributed by atoms with van der Waals surface area (Å²) in [6.07, 6.45) is -4.83. The summed E-state index contributed by atoms with van der Waals surface area (Å²) in [6.45, 7) is 2.86. The molecule has 0 atom stereocenters. The highest BCUT2D eigenvalue weighted by molar-refractivity contribution is 7.89. The van der Waals surface area contributed by atoms with Crippen LogP contribution in [0.25, 0.3) is 0 Å². The second-order valence-electron chi connectivity index (χ2n) is 4.83. The number of rotatable bonds is 4. The van der Waals surface area contributed by atoms with E-state index in [2.05, 4.69) is 4.72 Å². The van der Waals surface area contributed by atoms with E-state index in [1.165, 1.54) is 13.8 Å². The summed E-state index contributed by atoms with van der Waals surface area (Å²) in [5, 5.41) is -0.200. The van der Waals surface area contributed by atoms with E-state index in [0.717, 1.165) is 12.1 Å². The SMILES string of the molecule is CC(C)(CN)NS(=O)(=O)c1ccc(Cl)cc1C(F)(F)F. The van der Waals surface area contributed by atoms with Gasteiger partial charge >= 0.3 is 6.18 Å². The molecule has 0 spiro atoms. The lowest BCUT2D eigenvalue weighted by Crippen LogP contribution is -2.49. The van der Waals surface area contributed by atoms with E-state index in [9.17, 15) is 21.6 Å². The molecule has 0 radical (unpaired) electrons. The maximum absolute atomic E-state index is 12.9. The van der Waals surface area contributed by atoms with Crippen molar-refractivity contribution >= 4 is 21.6 Å². The Labute approximate surface area is 120 Å². The van der Waals surface area contributed by atoms with Gasteiger partial charge < -0.3 is 5.73 Å². The van der Waals surface area contributed by atoms with Crippen LogP contribution in [0.1, 0.15) is 19.4 Å². The standard InChI is InChI=1S/C11H14ClF3N2O2S/c1-10(2,6-16)17-20(18,19)9-4-3-7(12)5-8(9)11(13,14)15/h3-5,17H,6,16H2,1-2H3. The first-order valence-electron chi connectivity index (χ1n) is 5.50. The van der Waals surface area contributed by atoms with Crippen LogP contribution in [-0.2, 0) is 16.2 Å². The quantitative estimate of drug-likeness (QED) is 0.890. The minimum atomic E-state index is -4.83. The van der Waals surface area contributed by atoms with Gasteiger partial charge in [-0.1, -0.05) is 11.6 Å². The smallest absolute Gasteiger partial charge is 0.329 e. The van der Waals surface area contributed by atoms with Crippen molar-refractivity contribution in [1.82, 2.24) is 4.72 Å². The van der Waals surface area contributed by atoms with Gasteiger partial charge in [-0.25, -0.2) is 13.1 Å². The molecule has 0 saturated carbocycles. The van der Waals surface area contributed by atoms with E-state index in [1.54, 1.807) is 0 Å². The molecule has 0 heterocycles. The molecule has 0 aliphatic heterocycles. The minimum absolute atomic E-state index is 0.0683. The maximum atomic E-state index is 12.9. The fourth-order valence-corrected chi connectivity index (χ4v) is 3.22. The summed E-state index contributed by atoms with van der Waals surface area (Å²) in [6, 6.07) is 2.48. The van der Waals surface area contributed by atoms with Crippen LogP contribution >= 0.6 is 11.6 Å². The molecule has 20 heavy (non-hydrogen) atoms. The van der Waals surface area contributed by atoms with Gasteiger partial charge in [0, 0.05) is 17.1 Å². The average molecular weight is 331 g/mol. The summed E-state index contributed by atoms with van der Waals surface area (Å²) in [7, 11) is -4.37. The van der Waals surface area contributed by atoms with Crippen LogP contribution in [0, 0.1) is 0 Å². The van der Waals surface area contributed by atoms with Crippen LogP contribution in [0.15, 0.2) is 23.1 Å². The molecule has 1 aromatic rings. The molecule has 0 unspecified atom stereocenters. The Hall–Kier alpha value is -0.830. The van der Waals surface area contributed by atoms with E-state index in [0.29, 0.717) is 6.07 Å². The Bertz CT molecular complexity index is 600. The molecule has 3 N–H and O–H groups in total. The van der Waals surface area contributed by atoms with Gasteiger partial charge in [0.2, 0.25) is 10.0 Å². The third-order valence-electron chi connectivity index (χ3n) is 2.46. The van der Waals surface area contributed by atoms with E-state index in [4.69, 9.17) is 17.3 Å². The van der Waals surface area contributed by atoms with Gasteiger partial charge in [-0.3, -0.25) is 0 Å². The van der Waals surface area contributed by atoms with E-state index >= 15 is 0 Å². The van der Waals surface area contributed by atoms with Crippen molar-refractivity contribution in [2.45, 2.75) is 30.5 Å². The van der Waals surface area contributed by atoms with Gasteiger partial charge in [-0.05, 0) is 32.0 Å². The van der Waals surface area contributed by atoms with Crippen molar-refractivity contribution < 1.29 is 21.6 Å². The Morgan fingerprint density at radius 1 is 1.30 bits per heavy atom. The fraction of sp³-hybridized carbons (Fsp3) is 0.455. The fourth-order valence-electron chi connectivity index (χ4n) is 1.42. The van der Waals surface area contributed by atoms with Crippen LogP contribution in [0.4, 0.5) is 13.2 Å². The maximum Gasteiger partial charge on any atom is 0.417 e. The van der Waals surface area contributed by atoms with Crippen LogP contribution < -0.4 is 10.5 Å². The molecule has 114 valence electrons. The second kappa shape index (κ2) is 5.51. The molecular formula is C11H14ClF3N2O2S. The molecule has 0 aliphatic carbocycles. The number of sulfonamides is 1. The Morgan fingerprint density at radius 2 is 1.85 bits per heavy atom. The van der Waals surface area contributed by atoms with Crippen LogP contribution in [0.2, 0.25) is 5.02 Å². The predicted octanol–water partition coefficient (Wildman–Crippen LogP) is 2.37. The number of alkyl halides is 3. The first-order valence-corrected chi connectivity index (χ1v) is 7.36. The van der Waals surface area contributed by atoms with Gasteiger partial charge in [-0.15, -0.1) is 0 Å². The lowest BCUT2D eigenvalue weighted by atomic mass is 10.1. The molecular weight excluding hydrogens is 317 g/mol. The number of nitrogens with two attached hydrogens (primary N) is 1. The van der Waals surface area contributed by atoms with Crippen LogP contribution in [0.5, 0.6) is 0 Å². The molecule has 0 fully saturated rings. The predicted molar refractivity (Wildman–Crippen MR) is 69.9 cm³/mol. The molecule has 0 aliphatic rings. The zero-order valence-electron chi connectivity index (χ0n) is 10.8. The third kappa shape index (κ3) is 4.08. The van der Waals surface area contributed by atoms with Gasteiger partial charge in [0.25, 0.3) is 0 Å². The van der Waals surface area contributed by atoms with Crippen LogP contribution in [0.3, 0.4) is 0 Å². The van der Waals surface area contributed by atoms with Crippen molar-refractivity contribution in [3.8, 4) is 0 Å². The lowest BCUT2D eigenvalue weighted by molar-refractivity contribution is -0.139. The number of benzene rings is 1. The highest BCUT2D eigenvalue weighted by atomic mass is 35.5. The average Bonchev–Trinajstić information content (AvgIpc) is 2.26. The molecule has 0 aromatic heterocycles. The van der Waals surface area contributed by atoms with Crippen molar-refractivity contribution in [2.75, 3.05) is 6.54 Å². The Kier molecular flexibility index (Phi) is 4.75. The Balaban J connectivity index is 3.40. The normalized spacial score (nSPS) is 13.6. The first kappa shape index (κ1) is 17.2. The van der Waals surface area contributed by atoms with Crippen molar-refractivity contribution in [3.05, 3.63) is 28.8 Å². The lowest BCUT2D eigenvalue weighted by Gasteiger charge is -2.25. The van der Waals surface area contributed by atoms with Gasteiger partial charge in [0.15, 0.2) is 0 Å². The minimum Gasteiger partial charge on any atom is -0.329 e. The topological polar surface area (TPSA) is 72.2 Å². The Morgan fingerprint density at radius 3 is 2.30 bits per heavy atom. The number of nitrogens with one attached hydrogen (secondary N) is 1.